The van der Waals surface area contributed by atoms with Crippen LogP contribution >= 0.6 is 0 Å². The van der Waals surface area contributed by atoms with Gasteiger partial charge in [-0.1, -0.05) is 0 Å². The van der Waals surface area contributed by atoms with Crippen LogP contribution in [0, 0.1) is 5.41 Å². The van der Waals surface area contributed by atoms with Crippen molar-refractivity contribution in [2.75, 3.05) is 36.5 Å². The number of carbonyl (C=O) groups excluding carboxylic acids is 1. The lowest BCUT2D eigenvalue weighted by molar-refractivity contribution is 0.102. The summed E-state index contributed by atoms with van der Waals surface area (Å²) in [5.41, 5.74) is 3.17. The van der Waals surface area contributed by atoms with E-state index in [1.165, 1.54) is 18.9 Å². The Morgan fingerprint density at radius 1 is 1.10 bits per heavy atom. The van der Waals surface area contributed by atoms with Gasteiger partial charge in [0.25, 0.3) is 5.91 Å². The van der Waals surface area contributed by atoms with E-state index in [2.05, 4.69) is 14.9 Å². The van der Waals surface area contributed by atoms with Gasteiger partial charge in [0.05, 0.1) is 34.5 Å². The molecule has 1 amide bonds. The van der Waals surface area contributed by atoms with Gasteiger partial charge in [0, 0.05) is 43.8 Å². The maximum atomic E-state index is 13.6. The highest BCUT2D eigenvalue weighted by atomic mass is 32.2. The third kappa shape index (κ3) is 5.25. The maximum absolute atomic E-state index is 13.6. The summed E-state index contributed by atoms with van der Waals surface area (Å²) in [4.78, 5) is 15.9. The number of nitrogens with zero attached hydrogens (tertiary/aromatic N) is 2. The van der Waals surface area contributed by atoms with Gasteiger partial charge in [-0.3, -0.25) is 4.79 Å². The highest BCUT2D eigenvalue weighted by molar-refractivity contribution is 7.89. The number of ether oxygens (including phenoxy) is 1. The van der Waals surface area contributed by atoms with Crippen molar-refractivity contribution < 1.29 is 23.1 Å². The number of aryl methyl sites for hydroxylation is 1. The monoisotopic (exact) mass is 552 g/mol. The minimum Gasteiger partial charge on any atom is -0.488 e. The molecular formula is C29H36N4O5S. The molecule has 0 atom stereocenters. The fourth-order valence-corrected chi connectivity index (χ4v) is 6.73. The molecule has 3 fully saturated rings. The van der Waals surface area contributed by atoms with Gasteiger partial charge in [0.15, 0.2) is 0 Å². The van der Waals surface area contributed by atoms with Crippen LogP contribution in [0.3, 0.4) is 0 Å². The lowest BCUT2D eigenvalue weighted by atomic mass is 9.93. The van der Waals surface area contributed by atoms with Gasteiger partial charge in [-0.25, -0.2) is 13.1 Å². The summed E-state index contributed by atoms with van der Waals surface area (Å²) in [6.07, 6.45) is 9.98. The van der Waals surface area contributed by atoms with Crippen LogP contribution in [0.1, 0.15) is 55.3 Å². The van der Waals surface area contributed by atoms with E-state index >= 15 is 0 Å². The first-order valence-corrected chi connectivity index (χ1v) is 15.3. The molecule has 2 saturated carbocycles. The number of nitrogens with one attached hydrogen (secondary N) is 2. The SMILES string of the molecule is Cn1ccc2cc(C(=O)Nc3ccc(S(=O)(=O)NCCO)cc3N3CCC4(CC3)CC4)cc(OC3CCC3)c21. The second-order valence-corrected chi connectivity index (χ2v) is 13.0. The maximum Gasteiger partial charge on any atom is 0.255 e. The standard InChI is InChI=1S/C29H36N4O5S/c1-32-13-7-20-17-21(18-26(27(20)32)38-22-3-2-4-22)28(35)31-24-6-5-23(39(36,37)30-12-16-34)19-25(24)33-14-10-29(8-9-29)11-15-33/h5-7,13,17-19,22,30,34H,2-4,8-12,14-16H2,1H3,(H,31,35). The molecule has 0 radical (unpaired) electrons. The molecule has 1 saturated heterocycles. The lowest BCUT2D eigenvalue weighted by Crippen LogP contribution is -2.35. The van der Waals surface area contributed by atoms with Crippen LogP contribution in [0.2, 0.25) is 0 Å². The molecule has 9 nitrogen and oxygen atoms in total. The van der Waals surface area contributed by atoms with Crippen molar-refractivity contribution in [3.05, 3.63) is 48.2 Å². The second kappa shape index (κ2) is 10.1. The molecule has 2 heterocycles. The van der Waals surface area contributed by atoms with Gasteiger partial charge in [-0.15, -0.1) is 0 Å². The number of rotatable bonds is 9. The van der Waals surface area contributed by atoms with Crippen LogP contribution in [0.25, 0.3) is 10.9 Å². The molecule has 10 heteroatoms. The molecule has 1 aliphatic heterocycles. The van der Waals surface area contributed by atoms with Gasteiger partial charge in [0.2, 0.25) is 10.0 Å². The van der Waals surface area contributed by atoms with Gasteiger partial charge in [0.1, 0.15) is 5.75 Å². The van der Waals surface area contributed by atoms with Crippen molar-refractivity contribution in [3.63, 3.8) is 0 Å². The summed E-state index contributed by atoms with van der Waals surface area (Å²) in [5.74, 6) is 0.433. The first-order chi connectivity index (χ1) is 18.8. The van der Waals surface area contributed by atoms with E-state index in [0.29, 0.717) is 28.1 Å². The highest BCUT2D eigenvalue weighted by Crippen LogP contribution is 2.54. The zero-order chi connectivity index (χ0) is 27.2. The van der Waals surface area contributed by atoms with E-state index in [0.717, 1.165) is 56.1 Å². The summed E-state index contributed by atoms with van der Waals surface area (Å²) in [5, 5.41) is 13.1. The van der Waals surface area contributed by atoms with Crippen molar-refractivity contribution in [3.8, 4) is 5.75 Å². The smallest absolute Gasteiger partial charge is 0.255 e. The fraction of sp³-hybridized carbons (Fsp3) is 0.483. The zero-order valence-electron chi connectivity index (χ0n) is 22.3. The molecular weight excluding hydrogens is 516 g/mol. The molecule has 208 valence electrons. The van der Waals surface area contributed by atoms with Crippen molar-refractivity contribution in [1.82, 2.24) is 9.29 Å². The van der Waals surface area contributed by atoms with E-state index in [1.54, 1.807) is 12.1 Å². The van der Waals surface area contributed by atoms with E-state index in [-0.39, 0.29) is 30.1 Å². The molecule has 39 heavy (non-hydrogen) atoms. The van der Waals surface area contributed by atoms with E-state index < -0.39 is 10.0 Å². The van der Waals surface area contributed by atoms with Gasteiger partial charge in [-0.2, -0.15) is 0 Å². The third-order valence-corrected chi connectivity index (χ3v) is 10.1. The number of aliphatic hydroxyl groups is 1. The number of anilines is 2. The Morgan fingerprint density at radius 2 is 1.87 bits per heavy atom. The van der Waals surface area contributed by atoms with Crippen LogP contribution < -0.4 is 19.7 Å². The van der Waals surface area contributed by atoms with Crippen LogP contribution in [0.4, 0.5) is 11.4 Å². The molecule has 0 unspecified atom stereocenters. The number of amides is 1. The van der Waals surface area contributed by atoms with Crippen molar-refractivity contribution in [2.24, 2.45) is 12.5 Å². The van der Waals surface area contributed by atoms with Crippen LogP contribution in [0.15, 0.2) is 47.5 Å². The van der Waals surface area contributed by atoms with Gasteiger partial charge < -0.3 is 24.6 Å². The fourth-order valence-electron chi connectivity index (χ4n) is 5.69. The largest absolute Gasteiger partial charge is 0.488 e. The number of piperidine rings is 1. The van der Waals surface area contributed by atoms with Gasteiger partial charge >= 0.3 is 0 Å². The Kier molecular flexibility index (Phi) is 6.81. The molecule has 6 rings (SSSR count). The molecule has 2 aliphatic carbocycles. The van der Waals surface area contributed by atoms with E-state index in [1.807, 2.05) is 36.0 Å². The van der Waals surface area contributed by atoms with Crippen LogP contribution in [-0.2, 0) is 17.1 Å². The average molecular weight is 553 g/mol. The Morgan fingerprint density at radius 3 is 2.54 bits per heavy atom. The van der Waals surface area contributed by atoms with E-state index in [9.17, 15) is 13.2 Å². The molecule has 3 aromatic rings. The summed E-state index contributed by atoms with van der Waals surface area (Å²) in [7, 11) is -1.83. The number of fused-ring (bicyclic) bond motifs is 1. The summed E-state index contributed by atoms with van der Waals surface area (Å²) < 4.78 is 36.4. The quantitative estimate of drug-likeness (QED) is 0.370. The molecule has 3 N–H and O–H groups in total. The number of sulfonamides is 1. The lowest BCUT2D eigenvalue weighted by Gasteiger charge is -2.35. The van der Waals surface area contributed by atoms with E-state index in [4.69, 9.17) is 9.84 Å². The molecule has 1 spiro atoms. The number of hydrogen-bond donors (Lipinski definition) is 3. The minimum atomic E-state index is -3.80. The Bertz CT molecular complexity index is 1500. The highest BCUT2D eigenvalue weighted by Gasteiger charge is 2.44. The number of aromatic nitrogens is 1. The van der Waals surface area contributed by atoms with Crippen molar-refractivity contribution in [1.29, 1.82) is 0 Å². The normalized spacial score (nSPS) is 18.8. The first kappa shape index (κ1) is 26.2. The number of benzene rings is 2. The molecule has 0 bridgehead atoms. The number of hydrogen-bond acceptors (Lipinski definition) is 6. The Hall–Kier alpha value is -3.08. The topological polar surface area (TPSA) is 113 Å². The molecule has 2 aromatic carbocycles. The number of carbonyl (C=O) groups is 1. The zero-order valence-corrected chi connectivity index (χ0v) is 23.1. The van der Waals surface area contributed by atoms with Crippen molar-refractivity contribution in [2.45, 2.75) is 55.9 Å². The van der Waals surface area contributed by atoms with Crippen LogP contribution in [0.5, 0.6) is 5.75 Å². The Labute approximate surface area is 229 Å². The predicted octanol–water partition coefficient (Wildman–Crippen LogP) is 4.01. The first-order valence-electron chi connectivity index (χ1n) is 13.8. The third-order valence-electron chi connectivity index (χ3n) is 8.60. The second-order valence-electron chi connectivity index (χ2n) is 11.3. The number of aliphatic hydroxyl groups excluding tert-OH is 1. The predicted molar refractivity (Wildman–Crippen MR) is 151 cm³/mol. The summed E-state index contributed by atoms with van der Waals surface area (Å²) in [6, 6.07) is 10.4. The van der Waals surface area contributed by atoms with Gasteiger partial charge in [-0.05, 0) is 86.8 Å². The molecule has 3 aliphatic rings. The Balaban J connectivity index is 1.31. The summed E-state index contributed by atoms with van der Waals surface area (Å²) in [6.45, 7) is 1.28. The van der Waals surface area contributed by atoms with Crippen molar-refractivity contribution >= 4 is 38.2 Å². The summed E-state index contributed by atoms with van der Waals surface area (Å²) >= 11 is 0. The molecule has 1 aromatic heterocycles. The van der Waals surface area contributed by atoms with Crippen LogP contribution in [-0.4, -0.2) is 56.3 Å². The minimum absolute atomic E-state index is 0.0599. The average Bonchev–Trinajstić information content (AvgIpc) is 3.55.